The van der Waals surface area contributed by atoms with Crippen LogP contribution in [0.5, 0.6) is 5.88 Å². The van der Waals surface area contributed by atoms with E-state index in [9.17, 15) is 0 Å². The van der Waals surface area contributed by atoms with E-state index >= 15 is 0 Å². The zero-order valence-corrected chi connectivity index (χ0v) is 10.7. The molecule has 0 N–H and O–H groups in total. The predicted molar refractivity (Wildman–Crippen MR) is 64.4 cm³/mol. The van der Waals surface area contributed by atoms with Gasteiger partial charge < -0.3 is 4.74 Å². The number of pyridine rings is 1. The molecule has 2 rings (SSSR count). The summed E-state index contributed by atoms with van der Waals surface area (Å²) in [6.07, 6.45) is 6.91. The number of halogens is 2. The van der Waals surface area contributed by atoms with Gasteiger partial charge in [0.15, 0.2) is 0 Å². The Bertz CT molecular complexity index is 339. The first-order valence-corrected chi connectivity index (χ1v) is 6.36. The highest BCUT2D eigenvalue weighted by Crippen LogP contribution is 2.28. The SMILES string of the molecule is Clc1cc(Br)cnc1OCC1CCCC1. The first-order chi connectivity index (χ1) is 7.25. The van der Waals surface area contributed by atoms with Gasteiger partial charge in [-0.05, 0) is 40.8 Å². The molecule has 1 aliphatic rings. The van der Waals surface area contributed by atoms with Crippen molar-refractivity contribution < 1.29 is 4.74 Å². The van der Waals surface area contributed by atoms with Gasteiger partial charge in [-0.2, -0.15) is 0 Å². The number of nitrogens with zero attached hydrogens (tertiary/aromatic N) is 1. The van der Waals surface area contributed by atoms with Crippen LogP contribution in [-0.2, 0) is 0 Å². The summed E-state index contributed by atoms with van der Waals surface area (Å²) in [7, 11) is 0. The van der Waals surface area contributed by atoms with Crippen molar-refractivity contribution in [3.8, 4) is 5.88 Å². The highest BCUT2D eigenvalue weighted by molar-refractivity contribution is 9.10. The lowest BCUT2D eigenvalue weighted by Crippen LogP contribution is -2.09. The third-order valence-electron chi connectivity index (χ3n) is 2.70. The largest absolute Gasteiger partial charge is 0.476 e. The molecule has 1 aromatic heterocycles. The lowest BCUT2D eigenvalue weighted by Gasteiger charge is -2.11. The summed E-state index contributed by atoms with van der Waals surface area (Å²) in [6.45, 7) is 0.744. The van der Waals surface area contributed by atoms with Crippen LogP contribution in [0.25, 0.3) is 0 Å². The Hall–Kier alpha value is -0.280. The van der Waals surface area contributed by atoms with Crippen LogP contribution in [0.2, 0.25) is 5.02 Å². The maximum atomic E-state index is 6.00. The zero-order valence-electron chi connectivity index (χ0n) is 8.38. The van der Waals surface area contributed by atoms with E-state index in [-0.39, 0.29) is 0 Å². The highest BCUT2D eigenvalue weighted by Gasteiger charge is 2.16. The fourth-order valence-electron chi connectivity index (χ4n) is 1.88. The van der Waals surface area contributed by atoms with Gasteiger partial charge in [0, 0.05) is 10.7 Å². The molecular weight excluding hydrogens is 277 g/mol. The molecule has 15 heavy (non-hydrogen) atoms. The van der Waals surface area contributed by atoms with Crippen LogP contribution in [0.3, 0.4) is 0 Å². The Labute approximate surface area is 103 Å². The number of aromatic nitrogens is 1. The summed E-state index contributed by atoms with van der Waals surface area (Å²) in [5.74, 6) is 1.23. The maximum absolute atomic E-state index is 6.00. The molecule has 0 radical (unpaired) electrons. The van der Waals surface area contributed by atoms with E-state index in [1.165, 1.54) is 25.7 Å². The summed E-state index contributed by atoms with van der Waals surface area (Å²) in [5.41, 5.74) is 0. The van der Waals surface area contributed by atoms with Gasteiger partial charge >= 0.3 is 0 Å². The smallest absolute Gasteiger partial charge is 0.232 e. The average molecular weight is 291 g/mol. The topological polar surface area (TPSA) is 22.1 Å². The third kappa shape index (κ3) is 3.08. The number of ether oxygens (including phenoxy) is 1. The van der Waals surface area contributed by atoms with Crippen molar-refractivity contribution >= 4 is 27.5 Å². The monoisotopic (exact) mass is 289 g/mol. The van der Waals surface area contributed by atoms with E-state index in [1.54, 1.807) is 12.3 Å². The van der Waals surface area contributed by atoms with E-state index in [4.69, 9.17) is 16.3 Å². The van der Waals surface area contributed by atoms with Gasteiger partial charge in [0.2, 0.25) is 5.88 Å². The first kappa shape index (κ1) is 11.2. The van der Waals surface area contributed by atoms with E-state index < -0.39 is 0 Å². The van der Waals surface area contributed by atoms with Crippen molar-refractivity contribution in [2.75, 3.05) is 6.61 Å². The molecule has 0 aromatic carbocycles. The number of rotatable bonds is 3. The van der Waals surface area contributed by atoms with Crippen LogP contribution in [0, 0.1) is 5.92 Å². The van der Waals surface area contributed by atoms with Crippen molar-refractivity contribution in [2.45, 2.75) is 25.7 Å². The minimum Gasteiger partial charge on any atom is -0.476 e. The van der Waals surface area contributed by atoms with Crippen LogP contribution in [0.1, 0.15) is 25.7 Å². The molecule has 0 bridgehead atoms. The van der Waals surface area contributed by atoms with Gasteiger partial charge in [-0.3, -0.25) is 0 Å². The van der Waals surface area contributed by atoms with Crippen molar-refractivity contribution in [1.82, 2.24) is 4.98 Å². The highest BCUT2D eigenvalue weighted by atomic mass is 79.9. The fraction of sp³-hybridized carbons (Fsp3) is 0.545. The minimum atomic E-state index is 0.548. The number of hydrogen-bond acceptors (Lipinski definition) is 2. The molecule has 1 heterocycles. The molecule has 1 aliphatic carbocycles. The molecule has 0 spiro atoms. The lowest BCUT2D eigenvalue weighted by atomic mass is 10.1. The number of hydrogen-bond donors (Lipinski definition) is 0. The van der Waals surface area contributed by atoms with Crippen molar-refractivity contribution in [3.05, 3.63) is 21.8 Å². The van der Waals surface area contributed by atoms with Crippen LogP contribution < -0.4 is 4.74 Å². The molecule has 0 saturated heterocycles. The molecule has 4 heteroatoms. The van der Waals surface area contributed by atoms with Gasteiger partial charge in [0.1, 0.15) is 5.02 Å². The summed E-state index contributed by atoms with van der Waals surface area (Å²) in [5, 5.41) is 0.572. The average Bonchev–Trinajstić information content (AvgIpc) is 2.69. The molecule has 0 amide bonds. The Kier molecular flexibility index (Phi) is 3.87. The molecule has 1 saturated carbocycles. The Morgan fingerprint density at radius 2 is 2.20 bits per heavy atom. The Balaban J connectivity index is 1.92. The van der Waals surface area contributed by atoms with Gasteiger partial charge in [-0.25, -0.2) is 4.98 Å². The van der Waals surface area contributed by atoms with Crippen molar-refractivity contribution in [2.24, 2.45) is 5.92 Å². The summed E-state index contributed by atoms with van der Waals surface area (Å²) >= 11 is 9.31. The van der Waals surface area contributed by atoms with E-state index in [0.717, 1.165) is 11.1 Å². The van der Waals surface area contributed by atoms with Crippen molar-refractivity contribution in [1.29, 1.82) is 0 Å². The van der Waals surface area contributed by atoms with E-state index in [0.29, 0.717) is 16.8 Å². The molecule has 1 aromatic rings. The predicted octanol–water partition coefficient (Wildman–Crippen LogP) is 4.07. The molecule has 0 atom stereocenters. The third-order valence-corrected chi connectivity index (χ3v) is 3.41. The summed E-state index contributed by atoms with van der Waals surface area (Å²) in [6, 6.07) is 1.80. The van der Waals surface area contributed by atoms with Crippen LogP contribution in [0.4, 0.5) is 0 Å². The second-order valence-electron chi connectivity index (χ2n) is 3.90. The standard InChI is InChI=1S/C11H13BrClNO/c12-9-5-10(13)11(14-6-9)15-7-8-3-1-2-4-8/h5-6,8H,1-4,7H2. The molecule has 1 fully saturated rings. The zero-order chi connectivity index (χ0) is 10.7. The van der Waals surface area contributed by atoms with Crippen molar-refractivity contribution in [3.63, 3.8) is 0 Å². The summed E-state index contributed by atoms with van der Waals surface area (Å²) in [4.78, 5) is 4.14. The van der Waals surface area contributed by atoms with Gasteiger partial charge in [0.25, 0.3) is 0 Å². The van der Waals surface area contributed by atoms with Crippen LogP contribution >= 0.6 is 27.5 Å². The maximum Gasteiger partial charge on any atom is 0.232 e. The van der Waals surface area contributed by atoms with Gasteiger partial charge in [-0.1, -0.05) is 24.4 Å². The second-order valence-corrected chi connectivity index (χ2v) is 5.22. The Morgan fingerprint density at radius 1 is 1.47 bits per heavy atom. The minimum absolute atomic E-state index is 0.548. The molecule has 0 unspecified atom stereocenters. The Morgan fingerprint density at radius 3 is 2.87 bits per heavy atom. The van der Waals surface area contributed by atoms with Gasteiger partial charge in [0.05, 0.1) is 6.61 Å². The van der Waals surface area contributed by atoms with Crippen LogP contribution in [0.15, 0.2) is 16.7 Å². The molecule has 82 valence electrons. The fourth-order valence-corrected chi connectivity index (χ4v) is 2.57. The van der Waals surface area contributed by atoms with E-state index in [2.05, 4.69) is 20.9 Å². The normalized spacial score (nSPS) is 16.9. The lowest BCUT2D eigenvalue weighted by molar-refractivity contribution is 0.243. The van der Waals surface area contributed by atoms with Gasteiger partial charge in [-0.15, -0.1) is 0 Å². The van der Waals surface area contributed by atoms with Crippen LogP contribution in [-0.4, -0.2) is 11.6 Å². The summed E-state index contributed by atoms with van der Waals surface area (Å²) < 4.78 is 6.49. The molecular formula is C11H13BrClNO. The molecule has 0 aliphatic heterocycles. The second kappa shape index (κ2) is 5.17. The quantitative estimate of drug-likeness (QED) is 0.837. The van der Waals surface area contributed by atoms with E-state index in [1.807, 2.05) is 0 Å². The first-order valence-electron chi connectivity index (χ1n) is 5.19. The molecule has 2 nitrogen and oxygen atoms in total.